The van der Waals surface area contributed by atoms with Crippen molar-refractivity contribution in [3.05, 3.63) is 82.9 Å². The molecule has 0 fully saturated rings. The summed E-state index contributed by atoms with van der Waals surface area (Å²) in [6.45, 7) is 2.08. The van der Waals surface area contributed by atoms with Crippen LogP contribution in [0, 0.1) is 6.92 Å². The number of aromatic nitrogens is 1. The Hall–Kier alpha value is -2.69. The molecule has 0 spiro atoms. The first kappa shape index (κ1) is 17.7. The van der Waals surface area contributed by atoms with Crippen LogP contribution in [0.25, 0.3) is 20.8 Å². The molecular weight excluding hydrogens is 376 g/mol. The van der Waals surface area contributed by atoms with Gasteiger partial charge in [-0.15, -0.1) is 11.3 Å². The fourth-order valence-electron chi connectivity index (χ4n) is 2.84. The molecule has 4 aromatic rings. The van der Waals surface area contributed by atoms with Gasteiger partial charge in [-0.25, -0.2) is 4.98 Å². The number of carbonyl (C=O) groups is 1. The van der Waals surface area contributed by atoms with Gasteiger partial charge in [-0.1, -0.05) is 29.8 Å². The predicted molar refractivity (Wildman–Crippen MR) is 114 cm³/mol. The standard InChI is InChI=1S/C22H17ClN2OS/c1-14-2-11-19-20(12-14)27-22(25-19)16-5-9-18(10-6-16)24-21(26)13-15-3-7-17(23)8-4-15/h2-12H,13H2,1H3,(H,24,26). The fraction of sp³-hybridized carbons (Fsp3) is 0.0909. The van der Waals surface area contributed by atoms with Crippen molar-refractivity contribution in [1.82, 2.24) is 4.98 Å². The van der Waals surface area contributed by atoms with E-state index in [0.717, 1.165) is 27.3 Å². The molecule has 0 unspecified atom stereocenters. The minimum absolute atomic E-state index is 0.0551. The van der Waals surface area contributed by atoms with Gasteiger partial charge in [0.25, 0.3) is 0 Å². The Bertz CT molecular complexity index is 1100. The summed E-state index contributed by atoms with van der Waals surface area (Å²) >= 11 is 7.55. The highest BCUT2D eigenvalue weighted by Gasteiger charge is 2.08. The molecule has 134 valence electrons. The lowest BCUT2D eigenvalue weighted by Crippen LogP contribution is -2.14. The quantitative estimate of drug-likeness (QED) is 0.455. The van der Waals surface area contributed by atoms with Crippen molar-refractivity contribution in [3.63, 3.8) is 0 Å². The molecule has 3 nitrogen and oxygen atoms in total. The summed E-state index contributed by atoms with van der Waals surface area (Å²) in [6.07, 6.45) is 0.316. The second-order valence-corrected chi connectivity index (χ2v) is 7.89. The van der Waals surface area contributed by atoms with E-state index in [1.807, 2.05) is 36.4 Å². The Labute approximate surface area is 166 Å². The normalized spacial score (nSPS) is 10.9. The monoisotopic (exact) mass is 392 g/mol. The smallest absolute Gasteiger partial charge is 0.228 e. The Morgan fingerprint density at radius 3 is 2.52 bits per heavy atom. The number of hydrogen-bond acceptors (Lipinski definition) is 3. The number of fused-ring (bicyclic) bond motifs is 1. The highest BCUT2D eigenvalue weighted by atomic mass is 35.5. The van der Waals surface area contributed by atoms with Crippen LogP contribution >= 0.6 is 22.9 Å². The number of rotatable bonds is 4. The van der Waals surface area contributed by atoms with Crippen LogP contribution < -0.4 is 5.32 Å². The lowest BCUT2D eigenvalue weighted by atomic mass is 10.1. The molecule has 4 rings (SSSR count). The lowest BCUT2D eigenvalue weighted by Gasteiger charge is -2.06. The number of aryl methyl sites for hydroxylation is 1. The fourth-order valence-corrected chi connectivity index (χ4v) is 4.04. The third-order valence-corrected chi connectivity index (χ3v) is 5.56. The highest BCUT2D eigenvalue weighted by molar-refractivity contribution is 7.21. The third kappa shape index (κ3) is 4.18. The second kappa shape index (κ2) is 7.51. The van der Waals surface area contributed by atoms with Gasteiger partial charge >= 0.3 is 0 Å². The average molecular weight is 393 g/mol. The maximum Gasteiger partial charge on any atom is 0.228 e. The Kier molecular flexibility index (Phi) is 4.92. The molecule has 0 radical (unpaired) electrons. The van der Waals surface area contributed by atoms with Gasteiger partial charge in [-0.2, -0.15) is 0 Å². The molecule has 27 heavy (non-hydrogen) atoms. The van der Waals surface area contributed by atoms with Crippen LogP contribution in [0.1, 0.15) is 11.1 Å². The van der Waals surface area contributed by atoms with Crippen molar-refractivity contribution in [1.29, 1.82) is 0 Å². The summed E-state index contributed by atoms with van der Waals surface area (Å²) in [5.41, 5.74) is 5.00. The van der Waals surface area contributed by atoms with Crippen LogP contribution in [0.4, 0.5) is 5.69 Å². The predicted octanol–water partition coefficient (Wildman–Crippen LogP) is 6.11. The lowest BCUT2D eigenvalue weighted by molar-refractivity contribution is -0.115. The SMILES string of the molecule is Cc1ccc2nc(-c3ccc(NC(=O)Cc4ccc(Cl)cc4)cc3)sc2c1. The zero-order chi connectivity index (χ0) is 18.8. The molecule has 0 saturated carbocycles. The van der Waals surface area contributed by atoms with Gasteiger partial charge in [0.2, 0.25) is 5.91 Å². The van der Waals surface area contributed by atoms with E-state index < -0.39 is 0 Å². The number of thiazole rings is 1. The topological polar surface area (TPSA) is 42.0 Å². The van der Waals surface area contributed by atoms with Crippen LogP contribution in [0.15, 0.2) is 66.7 Å². The van der Waals surface area contributed by atoms with Gasteiger partial charge in [0.15, 0.2) is 0 Å². The maximum atomic E-state index is 12.2. The van der Waals surface area contributed by atoms with Crippen LogP contribution in [0.2, 0.25) is 5.02 Å². The molecule has 1 aromatic heterocycles. The number of hydrogen-bond donors (Lipinski definition) is 1. The molecule has 5 heteroatoms. The largest absolute Gasteiger partial charge is 0.326 e. The molecule has 0 aliphatic heterocycles. The van der Waals surface area contributed by atoms with Crippen LogP contribution in [-0.2, 0) is 11.2 Å². The van der Waals surface area contributed by atoms with E-state index in [4.69, 9.17) is 16.6 Å². The molecule has 0 aliphatic carbocycles. The number of anilines is 1. The molecular formula is C22H17ClN2OS. The van der Waals surface area contributed by atoms with E-state index in [-0.39, 0.29) is 5.91 Å². The second-order valence-electron chi connectivity index (χ2n) is 6.42. The van der Waals surface area contributed by atoms with Gasteiger partial charge in [0.1, 0.15) is 5.01 Å². The third-order valence-electron chi connectivity index (χ3n) is 4.24. The first-order valence-corrected chi connectivity index (χ1v) is 9.78. The van der Waals surface area contributed by atoms with Gasteiger partial charge in [0, 0.05) is 16.3 Å². The number of carbonyl (C=O) groups excluding carboxylic acids is 1. The first-order valence-electron chi connectivity index (χ1n) is 8.59. The first-order chi connectivity index (χ1) is 13.1. The highest BCUT2D eigenvalue weighted by Crippen LogP contribution is 2.31. The number of benzene rings is 3. The molecule has 0 saturated heterocycles. The molecule has 1 heterocycles. The molecule has 0 bridgehead atoms. The summed E-state index contributed by atoms with van der Waals surface area (Å²) in [7, 11) is 0. The number of halogens is 1. The van der Waals surface area contributed by atoms with Gasteiger partial charge in [-0.05, 0) is 66.6 Å². The molecule has 0 atom stereocenters. The van der Waals surface area contributed by atoms with Gasteiger partial charge < -0.3 is 5.32 Å². The zero-order valence-electron chi connectivity index (χ0n) is 14.7. The van der Waals surface area contributed by atoms with Crippen LogP contribution in [0.3, 0.4) is 0 Å². The van der Waals surface area contributed by atoms with Gasteiger partial charge in [-0.3, -0.25) is 4.79 Å². The van der Waals surface area contributed by atoms with E-state index >= 15 is 0 Å². The van der Waals surface area contributed by atoms with Crippen molar-refractivity contribution in [3.8, 4) is 10.6 Å². The van der Waals surface area contributed by atoms with E-state index in [1.165, 1.54) is 10.3 Å². The average Bonchev–Trinajstić information content (AvgIpc) is 3.07. The van der Waals surface area contributed by atoms with Crippen molar-refractivity contribution in [2.45, 2.75) is 13.3 Å². The Balaban J connectivity index is 1.46. The van der Waals surface area contributed by atoms with E-state index in [0.29, 0.717) is 11.4 Å². The minimum atomic E-state index is -0.0551. The summed E-state index contributed by atoms with van der Waals surface area (Å²) in [5, 5.41) is 4.58. The summed E-state index contributed by atoms with van der Waals surface area (Å²) < 4.78 is 1.19. The molecule has 3 aromatic carbocycles. The van der Waals surface area contributed by atoms with Crippen molar-refractivity contribution in [2.24, 2.45) is 0 Å². The number of amides is 1. The van der Waals surface area contributed by atoms with Gasteiger partial charge in [0.05, 0.1) is 16.6 Å². The summed E-state index contributed by atoms with van der Waals surface area (Å²) in [5.74, 6) is -0.0551. The zero-order valence-corrected chi connectivity index (χ0v) is 16.3. The van der Waals surface area contributed by atoms with Crippen LogP contribution in [0.5, 0.6) is 0 Å². The molecule has 1 amide bonds. The Morgan fingerprint density at radius 1 is 1.04 bits per heavy atom. The van der Waals surface area contributed by atoms with E-state index in [1.54, 1.807) is 23.5 Å². The van der Waals surface area contributed by atoms with E-state index in [2.05, 4.69) is 30.4 Å². The number of nitrogens with one attached hydrogen (secondary N) is 1. The molecule has 0 aliphatic rings. The Morgan fingerprint density at radius 2 is 1.78 bits per heavy atom. The van der Waals surface area contributed by atoms with E-state index in [9.17, 15) is 4.79 Å². The van der Waals surface area contributed by atoms with Crippen LogP contribution in [-0.4, -0.2) is 10.9 Å². The maximum absolute atomic E-state index is 12.2. The van der Waals surface area contributed by atoms with Crippen molar-refractivity contribution >= 4 is 44.7 Å². The minimum Gasteiger partial charge on any atom is -0.326 e. The summed E-state index contributed by atoms with van der Waals surface area (Å²) in [4.78, 5) is 16.9. The number of nitrogens with zero attached hydrogens (tertiary/aromatic N) is 1. The summed E-state index contributed by atoms with van der Waals surface area (Å²) in [6, 6.07) is 21.4. The van der Waals surface area contributed by atoms with Crippen molar-refractivity contribution in [2.75, 3.05) is 5.32 Å². The molecule has 1 N–H and O–H groups in total. The van der Waals surface area contributed by atoms with Crippen molar-refractivity contribution < 1.29 is 4.79 Å².